The van der Waals surface area contributed by atoms with E-state index in [0.29, 0.717) is 30.8 Å². The van der Waals surface area contributed by atoms with E-state index in [4.69, 9.17) is 4.74 Å². The maximum atomic E-state index is 13.1. The molecule has 4 rings (SSSR count). The zero-order chi connectivity index (χ0) is 19.3. The van der Waals surface area contributed by atoms with Crippen molar-refractivity contribution in [1.29, 1.82) is 0 Å². The summed E-state index contributed by atoms with van der Waals surface area (Å²) in [5.41, 5.74) is 1.80. The van der Waals surface area contributed by atoms with Crippen molar-refractivity contribution in [2.24, 2.45) is 0 Å². The monoisotopic (exact) mass is 377 g/mol. The van der Waals surface area contributed by atoms with Gasteiger partial charge in [-0.15, -0.1) is 0 Å². The van der Waals surface area contributed by atoms with Crippen molar-refractivity contribution < 1.29 is 9.53 Å². The molecule has 2 N–H and O–H groups in total. The third kappa shape index (κ3) is 4.13. The highest BCUT2D eigenvalue weighted by molar-refractivity contribution is 6.06. The molecule has 1 aromatic heterocycles. The van der Waals surface area contributed by atoms with Gasteiger partial charge in [0.1, 0.15) is 0 Å². The fourth-order valence-electron chi connectivity index (χ4n) is 3.59. The molecule has 1 aliphatic heterocycles. The Morgan fingerprint density at radius 2 is 1.79 bits per heavy atom. The maximum Gasteiger partial charge on any atom is 0.252 e. The van der Waals surface area contributed by atoms with Crippen LogP contribution in [0.5, 0.6) is 0 Å². The summed E-state index contributed by atoms with van der Waals surface area (Å²) in [4.78, 5) is 30.2. The predicted octanol–water partition coefficient (Wildman–Crippen LogP) is 2.33. The summed E-state index contributed by atoms with van der Waals surface area (Å²) >= 11 is 0. The van der Waals surface area contributed by atoms with Crippen molar-refractivity contribution in [3.05, 3.63) is 82.1 Å². The minimum atomic E-state index is -0.284. The Bertz CT molecular complexity index is 1010. The van der Waals surface area contributed by atoms with Gasteiger partial charge in [-0.2, -0.15) is 0 Å². The first-order valence-corrected chi connectivity index (χ1v) is 9.49. The van der Waals surface area contributed by atoms with E-state index in [9.17, 15) is 9.59 Å². The van der Waals surface area contributed by atoms with E-state index in [2.05, 4.69) is 15.2 Å². The zero-order valence-corrected chi connectivity index (χ0v) is 15.6. The second-order valence-electron chi connectivity index (χ2n) is 6.94. The lowest BCUT2D eigenvalue weighted by atomic mass is 10.0. The molecule has 0 radical (unpaired) electrons. The Kier molecular flexibility index (Phi) is 5.50. The molecule has 0 saturated carbocycles. The summed E-state index contributed by atoms with van der Waals surface area (Å²) in [6.45, 7) is 3.78. The molecule has 3 aromatic rings. The van der Waals surface area contributed by atoms with Crippen LogP contribution in [0.4, 0.5) is 0 Å². The second-order valence-corrected chi connectivity index (χ2v) is 6.94. The summed E-state index contributed by atoms with van der Waals surface area (Å²) in [7, 11) is 0. The van der Waals surface area contributed by atoms with Crippen molar-refractivity contribution >= 4 is 16.8 Å². The Morgan fingerprint density at radius 1 is 1.07 bits per heavy atom. The molecular formula is C22H23N3O3. The number of para-hydroxylation sites is 1. The van der Waals surface area contributed by atoms with Crippen molar-refractivity contribution in [2.45, 2.75) is 6.04 Å². The number of hydrogen-bond donors (Lipinski definition) is 2. The van der Waals surface area contributed by atoms with E-state index in [-0.39, 0.29) is 17.5 Å². The smallest absolute Gasteiger partial charge is 0.252 e. The number of carbonyl (C=O) groups excluding carboxylic acids is 1. The van der Waals surface area contributed by atoms with Crippen LogP contribution in [0.15, 0.2) is 65.5 Å². The zero-order valence-electron chi connectivity index (χ0n) is 15.6. The number of pyridine rings is 1. The molecule has 0 bridgehead atoms. The van der Waals surface area contributed by atoms with Crippen LogP contribution in [-0.2, 0) is 4.74 Å². The number of rotatable bonds is 5. The fraction of sp³-hybridized carbons (Fsp3) is 0.273. The molecule has 1 amide bonds. The summed E-state index contributed by atoms with van der Waals surface area (Å²) in [5.74, 6) is -0.246. The molecule has 2 heterocycles. The van der Waals surface area contributed by atoms with Crippen LogP contribution in [0.2, 0.25) is 0 Å². The molecule has 6 nitrogen and oxygen atoms in total. The first kappa shape index (κ1) is 18.4. The van der Waals surface area contributed by atoms with Gasteiger partial charge in [0.2, 0.25) is 5.56 Å². The minimum absolute atomic E-state index is 0.176. The molecule has 0 aliphatic carbocycles. The number of nitrogens with zero attached hydrogens (tertiary/aromatic N) is 1. The number of morpholine rings is 1. The summed E-state index contributed by atoms with van der Waals surface area (Å²) in [6.07, 6.45) is 0. The average molecular weight is 377 g/mol. The van der Waals surface area contributed by atoms with Gasteiger partial charge in [0.25, 0.3) is 5.91 Å². The van der Waals surface area contributed by atoms with Crippen molar-refractivity contribution in [3.63, 3.8) is 0 Å². The van der Waals surface area contributed by atoms with Gasteiger partial charge in [0, 0.05) is 36.6 Å². The number of H-pyrrole nitrogens is 1. The van der Waals surface area contributed by atoms with E-state index in [1.54, 1.807) is 6.07 Å². The van der Waals surface area contributed by atoms with E-state index in [1.165, 1.54) is 6.07 Å². The molecule has 1 fully saturated rings. The fourth-order valence-corrected chi connectivity index (χ4v) is 3.59. The first-order valence-electron chi connectivity index (χ1n) is 9.49. The van der Waals surface area contributed by atoms with E-state index < -0.39 is 0 Å². The quantitative estimate of drug-likeness (QED) is 0.716. The van der Waals surface area contributed by atoms with Gasteiger partial charge in [-0.05, 0) is 11.6 Å². The van der Waals surface area contributed by atoms with E-state index >= 15 is 0 Å². The van der Waals surface area contributed by atoms with Gasteiger partial charge in [-0.25, -0.2) is 0 Å². The first-order chi connectivity index (χ1) is 13.7. The number of ether oxygens (including phenoxy) is 1. The lowest BCUT2D eigenvalue weighted by Crippen LogP contribution is -2.43. The molecule has 2 aromatic carbocycles. The second kappa shape index (κ2) is 8.37. The summed E-state index contributed by atoms with van der Waals surface area (Å²) in [6, 6.07) is 18.5. The highest BCUT2D eigenvalue weighted by Crippen LogP contribution is 2.19. The average Bonchev–Trinajstić information content (AvgIpc) is 2.74. The molecule has 1 unspecified atom stereocenters. The summed E-state index contributed by atoms with van der Waals surface area (Å²) in [5, 5.41) is 3.88. The van der Waals surface area contributed by atoms with Crippen LogP contribution in [-0.4, -0.2) is 48.6 Å². The number of aromatic amines is 1. The molecule has 0 spiro atoms. The van der Waals surface area contributed by atoms with Gasteiger partial charge in [-0.3, -0.25) is 14.5 Å². The lowest BCUT2D eigenvalue weighted by Gasteiger charge is -2.31. The van der Waals surface area contributed by atoms with Gasteiger partial charge in [0.05, 0.1) is 24.8 Å². The standard InChI is InChI=1S/C22H23N3O3/c26-21-14-18(17-8-4-5-9-19(17)23-21)22(27)24-20(16-6-2-1-3-7-16)15-25-10-12-28-13-11-25/h1-9,14,20H,10-13,15H2,(H,23,26)(H,24,27). The van der Waals surface area contributed by atoms with Crippen LogP contribution in [0.1, 0.15) is 22.0 Å². The molecule has 1 atom stereocenters. The summed E-state index contributed by atoms with van der Waals surface area (Å²) < 4.78 is 5.43. The Morgan fingerprint density at radius 3 is 2.57 bits per heavy atom. The highest BCUT2D eigenvalue weighted by Gasteiger charge is 2.22. The molecular weight excluding hydrogens is 354 g/mol. The van der Waals surface area contributed by atoms with Crippen molar-refractivity contribution in [2.75, 3.05) is 32.8 Å². The van der Waals surface area contributed by atoms with E-state index in [0.717, 1.165) is 24.0 Å². The number of carbonyl (C=O) groups is 1. The van der Waals surface area contributed by atoms with Crippen LogP contribution in [0.3, 0.4) is 0 Å². The number of amides is 1. The molecule has 144 valence electrons. The lowest BCUT2D eigenvalue weighted by molar-refractivity contribution is 0.0332. The highest BCUT2D eigenvalue weighted by atomic mass is 16.5. The van der Waals surface area contributed by atoms with Gasteiger partial charge < -0.3 is 15.0 Å². The Labute approximate surface area is 163 Å². The van der Waals surface area contributed by atoms with Crippen LogP contribution < -0.4 is 10.9 Å². The van der Waals surface area contributed by atoms with Gasteiger partial charge in [0.15, 0.2) is 0 Å². The van der Waals surface area contributed by atoms with E-state index in [1.807, 2.05) is 48.5 Å². The molecule has 28 heavy (non-hydrogen) atoms. The largest absolute Gasteiger partial charge is 0.379 e. The van der Waals surface area contributed by atoms with Crippen LogP contribution in [0, 0.1) is 0 Å². The van der Waals surface area contributed by atoms with Crippen LogP contribution in [0.25, 0.3) is 10.9 Å². The maximum absolute atomic E-state index is 13.1. The SMILES string of the molecule is O=C(NC(CN1CCOCC1)c1ccccc1)c1cc(=O)[nH]c2ccccc12. The number of benzene rings is 2. The van der Waals surface area contributed by atoms with Gasteiger partial charge >= 0.3 is 0 Å². The van der Waals surface area contributed by atoms with Crippen molar-refractivity contribution in [1.82, 2.24) is 15.2 Å². The number of hydrogen-bond acceptors (Lipinski definition) is 4. The van der Waals surface area contributed by atoms with Crippen molar-refractivity contribution in [3.8, 4) is 0 Å². The molecule has 1 aliphatic rings. The predicted molar refractivity (Wildman–Crippen MR) is 108 cm³/mol. The number of fused-ring (bicyclic) bond motifs is 1. The van der Waals surface area contributed by atoms with Crippen LogP contribution >= 0.6 is 0 Å². The third-order valence-corrected chi connectivity index (χ3v) is 5.05. The Balaban J connectivity index is 1.63. The topological polar surface area (TPSA) is 74.4 Å². The third-order valence-electron chi connectivity index (χ3n) is 5.05. The minimum Gasteiger partial charge on any atom is -0.379 e. The van der Waals surface area contributed by atoms with Gasteiger partial charge in [-0.1, -0.05) is 48.5 Å². The molecule has 1 saturated heterocycles. The normalized spacial score (nSPS) is 16.0. The number of nitrogens with one attached hydrogen (secondary N) is 2. The molecule has 6 heteroatoms. The Hall–Kier alpha value is -2.96. The number of aromatic nitrogens is 1.